The van der Waals surface area contributed by atoms with Gasteiger partial charge < -0.3 is 9.88 Å². The summed E-state index contributed by atoms with van der Waals surface area (Å²) in [6, 6.07) is 4.32. The van der Waals surface area contributed by atoms with Crippen molar-refractivity contribution in [1.29, 1.82) is 0 Å². The summed E-state index contributed by atoms with van der Waals surface area (Å²) in [4.78, 5) is 5.79. The largest absolute Gasteiger partial charge is 0.336 e. The number of aromatic nitrogens is 2. The minimum absolute atomic E-state index is 0.159. The molecule has 0 aliphatic rings. The summed E-state index contributed by atoms with van der Waals surface area (Å²) in [5.74, 6) is 0. The Balaban J connectivity index is 2.09. The van der Waals surface area contributed by atoms with Gasteiger partial charge in [-0.1, -0.05) is 19.9 Å². The number of hydrogen-bond acceptors (Lipinski definition) is 3. The SMILES string of the molecule is CNCc1cn(CC(C)(C)c2cccs2)cn1. The molecular weight excluding hydrogens is 230 g/mol. The molecule has 0 amide bonds. The van der Waals surface area contributed by atoms with E-state index < -0.39 is 0 Å². The molecule has 0 aliphatic heterocycles. The van der Waals surface area contributed by atoms with Crippen molar-refractivity contribution in [2.24, 2.45) is 0 Å². The van der Waals surface area contributed by atoms with Gasteiger partial charge in [0.05, 0.1) is 12.0 Å². The lowest BCUT2D eigenvalue weighted by Gasteiger charge is -2.23. The van der Waals surface area contributed by atoms with E-state index in [9.17, 15) is 0 Å². The lowest BCUT2D eigenvalue weighted by molar-refractivity contribution is 0.442. The van der Waals surface area contributed by atoms with Gasteiger partial charge in [-0.25, -0.2) is 4.98 Å². The minimum Gasteiger partial charge on any atom is -0.336 e. The predicted octanol–water partition coefficient (Wildman–Crippen LogP) is 2.64. The zero-order valence-electron chi connectivity index (χ0n) is 10.6. The van der Waals surface area contributed by atoms with Crippen LogP contribution in [0.15, 0.2) is 30.0 Å². The van der Waals surface area contributed by atoms with E-state index in [-0.39, 0.29) is 5.41 Å². The van der Waals surface area contributed by atoms with Crippen molar-refractivity contribution in [2.75, 3.05) is 7.05 Å². The van der Waals surface area contributed by atoms with Gasteiger partial charge >= 0.3 is 0 Å². The van der Waals surface area contributed by atoms with Crippen LogP contribution in [0.25, 0.3) is 0 Å². The molecule has 2 aromatic heterocycles. The second-order valence-corrected chi connectivity index (χ2v) is 5.88. The van der Waals surface area contributed by atoms with Crippen molar-refractivity contribution >= 4 is 11.3 Å². The summed E-state index contributed by atoms with van der Waals surface area (Å²) in [6.45, 7) is 6.34. The van der Waals surface area contributed by atoms with Crippen LogP contribution in [0.4, 0.5) is 0 Å². The summed E-state index contributed by atoms with van der Waals surface area (Å²) in [7, 11) is 1.94. The van der Waals surface area contributed by atoms with Crippen LogP contribution in [-0.4, -0.2) is 16.6 Å². The fourth-order valence-corrected chi connectivity index (χ4v) is 2.81. The second-order valence-electron chi connectivity index (χ2n) is 4.93. The normalized spacial score (nSPS) is 11.9. The lowest BCUT2D eigenvalue weighted by atomic mass is 9.91. The van der Waals surface area contributed by atoms with Crippen molar-refractivity contribution in [1.82, 2.24) is 14.9 Å². The molecule has 17 heavy (non-hydrogen) atoms. The molecule has 1 N–H and O–H groups in total. The standard InChI is InChI=1S/C13H19N3S/c1-13(2,12-5-4-6-17-12)9-16-8-11(7-14-3)15-10-16/h4-6,8,10,14H,7,9H2,1-3H3. The Bertz CT molecular complexity index is 457. The monoisotopic (exact) mass is 249 g/mol. The van der Waals surface area contributed by atoms with Crippen LogP contribution in [0.1, 0.15) is 24.4 Å². The molecule has 0 bridgehead atoms. The average Bonchev–Trinajstić information content (AvgIpc) is 2.88. The molecule has 0 spiro atoms. The van der Waals surface area contributed by atoms with Gasteiger partial charge in [0.1, 0.15) is 0 Å². The molecule has 4 heteroatoms. The Labute approximate surface area is 107 Å². The molecular formula is C13H19N3S. The Morgan fingerprint density at radius 2 is 2.29 bits per heavy atom. The van der Waals surface area contributed by atoms with Gasteiger partial charge in [-0.15, -0.1) is 11.3 Å². The van der Waals surface area contributed by atoms with Crippen LogP contribution in [-0.2, 0) is 18.5 Å². The highest BCUT2D eigenvalue weighted by Crippen LogP contribution is 2.29. The van der Waals surface area contributed by atoms with E-state index in [1.54, 1.807) is 0 Å². The van der Waals surface area contributed by atoms with Gasteiger partial charge in [-0.2, -0.15) is 0 Å². The maximum absolute atomic E-state index is 4.38. The van der Waals surface area contributed by atoms with Gasteiger partial charge in [0.15, 0.2) is 0 Å². The van der Waals surface area contributed by atoms with E-state index in [0.29, 0.717) is 0 Å². The van der Waals surface area contributed by atoms with Gasteiger partial charge in [-0.05, 0) is 18.5 Å². The zero-order chi connectivity index (χ0) is 12.3. The number of hydrogen-bond donors (Lipinski definition) is 1. The summed E-state index contributed by atoms with van der Waals surface area (Å²) >= 11 is 1.82. The van der Waals surface area contributed by atoms with E-state index in [4.69, 9.17) is 0 Å². The molecule has 92 valence electrons. The molecule has 3 nitrogen and oxygen atoms in total. The van der Waals surface area contributed by atoms with Gasteiger partial charge in [0.2, 0.25) is 0 Å². The summed E-state index contributed by atoms with van der Waals surface area (Å²) < 4.78 is 2.17. The lowest BCUT2D eigenvalue weighted by Crippen LogP contribution is -2.22. The number of nitrogens with one attached hydrogen (secondary N) is 1. The summed E-state index contributed by atoms with van der Waals surface area (Å²) in [5, 5.41) is 5.25. The highest BCUT2D eigenvalue weighted by atomic mass is 32.1. The number of nitrogens with zero attached hydrogens (tertiary/aromatic N) is 2. The summed E-state index contributed by atoms with van der Waals surface area (Å²) in [5.41, 5.74) is 1.25. The van der Waals surface area contributed by atoms with Gasteiger partial charge in [0, 0.05) is 29.6 Å². The Kier molecular flexibility index (Phi) is 3.64. The van der Waals surface area contributed by atoms with Crippen molar-refractivity contribution in [2.45, 2.75) is 32.4 Å². The molecule has 2 heterocycles. The molecule has 0 saturated carbocycles. The Morgan fingerprint density at radius 3 is 2.94 bits per heavy atom. The third kappa shape index (κ3) is 2.96. The van der Waals surface area contributed by atoms with E-state index >= 15 is 0 Å². The van der Waals surface area contributed by atoms with Crippen LogP contribution < -0.4 is 5.32 Å². The fraction of sp³-hybridized carbons (Fsp3) is 0.462. The van der Waals surface area contributed by atoms with Crippen LogP contribution >= 0.6 is 11.3 Å². The first kappa shape index (κ1) is 12.3. The highest BCUT2D eigenvalue weighted by Gasteiger charge is 2.22. The first-order chi connectivity index (χ1) is 8.12. The maximum atomic E-state index is 4.38. The predicted molar refractivity (Wildman–Crippen MR) is 72.3 cm³/mol. The van der Waals surface area contributed by atoms with E-state index in [2.05, 4.69) is 52.4 Å². The van der Waals surface area contributed by atoms with Crippen LogP contribution in [0.3, 0.4) is 0 Å². The second kappa shape index (κ2) is 5.02. The molecule has 0 radical (unpaired) electrons. The first-order valence-corrected chi connectivity index (χ1v) is 6.69. The van der Waals surface area contributed by atoms with Crippen molar-refractivity contribution < 1.29 is 0 Å². The zero-order valence-corrected chi connectivity index (χ0v) is 11.4. The Hall–Kier alpha value is -1.13. The van der Waals surface area contributed by atoms with Crippen molar-refractivity contribution in [3.05, 3.63) is 40.6 Å². The molecule has 0 fully saturated rings. The van der Waals surface area contributed by atoms with E-state index in [1.165, 1.54) is 4.88 Å². The molecule has 2 aromatic rings. The minimum atomic E-state index is 0.159. The number of thiophene rings is 1. The van der Waals surface area contributed by atoms with E-state index in [1.807, 2.05) is 24.7 Å². The van der Waals surface area contributed by atoms with Crippen LogP contribution in [0.2, 0.25) is 0 Å². The molecule has 0 aliphatic carbocycles. The molecule has 0 atom stereocenters. The van der Waals surface area contributed by atoms with Gasteiger partial charge in [0.25, 0.3) is 0 Å². The summed E-state index contributed by atoms with van der Waals surface area (Å²) in [6.07, 6.45) is 4.04. The van der Waals surface area contributed by atoms with Crippen molar-refractivity contribution in [3.8, 4) is 0 Å². The third-order valence-electron chi connectivity index (χ3n) is 2.81. The number of imidazole rings is 1. The molecule has 0 unspecified atom stereocenters. The van der Waals surface area contributed by atoms with E-state index in [0.717, 1.165) is 18.8 Å². The van der Waals surface area contributed by atoms with Crippen LogP contribution in [0.5, 0.6) is 0 Å². The van der Waals surface area contributed by atoms with Crippen LogP contribution in [0, 0.1) is 0 Å². The third-order valence-corrected chi connectivity index (χ3v) is 4.05. The first-order valence-electron chi connectivity index (χ1n) is 5.81. The quantitative estimate of drug-likeness (QED) is 0.883. The number of rotatable bonds is 5. The smallest absolute Gasteiger partial charge is 0.0950 e. The molecule has 0 aromatic carbocycles. The topological polar surface area (TPSA) is 29.9 Å². The molecule has 0 saturated heterocycles. The van der Waals surface area contributed by atoms with Gasteiger partial charge in [-0.3, -0.25) is 0 Å². The maximum Gasteiger partial charge on any atom is 0.0950 e. The molecule has 2 rings (SSSR count). The fourth-order valence-electron chi connectivity index (χ4n) is 1.96. The average molecular weight is 249 g/mol. The Morgan fingerprint density at radius 1 is 1.47 bits per heavy atom. The highest BCUT2D eigenvalue weighted by molar-refractivity contribution is 7.10. The van der Waals surface area contributed by atoms with Crippen molar-refractivity contribution in [3.63, 3.8) is 0 Å².